The average Bonchev–Trinajstić information content (AvgIpc) is 2.80. The van der Waals surface area contributed by atoms with Crippen LogP contribution in [0.1, 0.15) is 31.2 Å². The number of halogens is 2. The lowest BCUT2D eigenvalue weighted by atomic mass is 9.84. The van der Waals surface area contributed by atoms with Gasteiger partial charge >= 0.3 is 0 Å². The van der Waals surface area contributed by atoms with E-state index in [-0.39, 0.29) is 29.8 Å². The highest BCUT2D eigenvalue weighted by Gasteiger charge is 2.38. The van der Waals surface area contributed by atoms with E-state index in [4.69, 9.17) is 11.6 Å². The first-order chi connectivity index (χ1) is 15.2. The Balaban J connectivity index is 1.33. The van der Waals surface area contributed by atoms with Crippen molar-refractivity contribution >= 4 is 27.5 Å². The minimum Gasteiger partial charge on any atom is -0.385 e. The van der Waals surface area contributed by atoms with Crippen LogP contribution < -0.4 is 0 Å². The quantitative estimate of drug-likeness (QED) is 0.727. The summed E-state index contributed by atoms with van der Waals surface area (Å²) in [5.74, 6) is -0.712. The number of carbonyl (C=O) groups is 1. The zero-order valence-electron chi connectivity index (χ0n) is 17.6. The number of nitrogens with zero attached hydrogens (tertiary/aromatic N) is 2. The molecule has 2 heterocycles. The van der Waals surface area contributed by atoms with Crippen molar-refractivity contribution in [2.45, 2.75) is 36.2 Å². The van der Waals surface area contributed by atoms with Crippen LogP contribution in [0.15, 0.2) is 53.4 Å². The van der Waals surface area contributed by atoms with Gasteiger partial charge in [0.15, 0.2) is 0 Å². The Hall–Kier alpha value is -2.00. The fourth-order valence-electron chi connectivity index (χ4n) is 4.50. The molecule has 1 amide bonds. The first-order valence-corrected chi connectivity index (χ1v) is 12.5. The maximum Gasteiger partial charge on any atom is 0.243 e. The van der Waals surface area contributed by atoms with Gasteiger partial charge < -0.3 is 10.0 Å². The van der Waals surface area contributed by atoms with Crippen molar-refractivity contribution in [1.82, 2.24) is 9.21 Å². The number of sulfonamides is 1. The van der Waals surface area contributed by atoms with E-state index in [9.17, 15) is 22.7 Å². The molecule has 9 heteroatoms. The molecule has 2 saturated heterocycles. The summed E-state index contributed by atoms with van der Waals surface area (Å²) in [7, 11) is -3.70. The Kier molecular flexibility index (Phi) is 6.58. The summed E-state index contributed by atoms with van der Waals surface area (Å²) in [4.78, 5) is 14.9. The maximum absolute atomic E-state index is 13.1. The van der Waals surface area contributed by atoms with Crippen molar-refractivity contribution in [1.29, 1.82) is 0 Å². The molecule has 0 aliphatic carbocycles. The van der Waals surface area contributed by atoms with Crippen LogP contribution in [0, 0.1) is 11.7 Å². The van der Waals surface area contributed by atoms with Crippen molar-refractivity contribution in [2.75, 3.05) is 26.2 Å². The molecular weight excluding hydrogens is 455 g/mol. The number of aliphatic hydroxyl groups is 1. The molecule has 0 radical (unpaired) electrons. The summed E-state index contributed by atoms with van der Waals surface area (Å²) < 4.78 is 40.0. The van der Waals surface area contributed by atoms with Gasteiger partial charge in [-0.2, -0.15) is 4.31 Å². The third kappa shape index (κ3) is 4.69. The van der Waals surface area contributed by atoms with E-state index in [0.29, 0.717) is 43.8 Å². The zero-order chi connectivity index (χ0) is 22.9. The minimum absolute atomic E-state index is 0.0157. The van der Waals surface area contributed by atoms with Crippen LogP contribution in [0.2, 0.25) is 5.02 Å². The summed E-state index contributed by atoms with van der Waals surface area (Å²) in [6, 6.07) is 11.9. The normalized spacial score (nSPS) is 20.3. The Morgan fingerprint density at radius 2 is 1.53 bits per heavy atom. The summed E-state index contributed by atoms with van der Waals surface area (Å²) in [6.07, 6.45) is 1.77. The van der Waals surface area contributed by atoms with Gasteiger partial charge in [-0.25, -0.2) is 12.8 Å². The van der Waals surface area contributed by atoms with Crippen molar-refractivity contribution < 1.29 is 22.7 Å². The molecule has 0 unspecified atom stereocenters. The number of hydrogen-bond acceptors (Lipinski definition) is 4. The van der Waals surface area contributed by atoms with Gasteiger partial charge in [0.05, 0.1) is 10.5 Å². The SMILES string of the molecule is O=C(C1CCN(S(=O)(=O)c2ccc(F)cc2)CC1)N1CCC(O)(c2ccc(Cl)cc2)CC1. The molecule has 0 bridgehead atoms. The lowest BCUT2D eigenvalue weighted by Gasteiger charge is -2.40. The average molecular weight is 481 g/mol. The largest absolute Gasteiger partial charge is 0.385 e. The van der Waals surface area contributed by atoms with Crippen LogP contribution in [-0.4, -0.2) is 54.8 Å². The molecule has 2 aromatic rings. The van der Waals surface area contributed by atoms with Gasteiger partial charge in [0.25, 0.3) is 0 Å². The smallest absolute Gasteiger partial charge is 0.243 e. The Bertz CT molecular complexity index is 1060. The van der Waals surface area contributed by atoms with Gasteiger partial charge in [0.1, 0.15) is 5.82 Å². The summed E-state index contributed by atoms with van der Waals surface area (Å²) >= 11 is 5.94. The third-order valence-corrected chi connectivity index (χ3v) is 8.70. The number of likely N-dealkylation sites (tertiary alicyclic amines) is 1. The summed E-state index contributed by atoms with van der Waals surface area (Å²) in [5, 5.41) is 11.6. The number of amides is 1. The van der Waals surface area contributed by atoms with Crippen LogP contribution >= 0.6 is 11.6 Å². The first kappa shape index (κ1) is 23.2. The first-order valence-electron chi connectivity index (χ1n) is 10.7. The highest BCUT2D eigenvalue weighted by Crippen LogP contribution is 2.34. The topological polar surface area (TPSA) is 77.9 Å². The molecule has 2 aromatic carbocycles. The zero-order valence-corrected chi connectivity index (χ0v) is 19.2. The lowest BCUT2D eigenvalue weighted by molar-refractivity contribution is -0.141. The molecule has 2 aliphatic heterocycles. The predicted octanol–water partition coefficient (Wildman–Crippen LogP) is 3.39. The fourth-order valence-corrected chi connectivity index (χ4v) is 6.10. The fraction of sp³-hybridized carbons (Fsp3) is 0.435. The van der Waals surface area contributed by atoms with Crippen molar-refractivity contribution in [3.63, 3.8) is 0 Å². The highest BCUT2D eigenvalue weighted by molar-refractivity contribution is 7.89. The third-order valence-electron chi connectivity index (χ3n) is 6.54. The van der Waals surface area contributed by atoms with E-state index in [0.717, 1.165) is 17.7 Å². The molecule has 172 valence electrons. The highest BCUT2D eigenvalue weighted by atomic mass is 35.5. The predicted molar refractivity (Wildman–Crippen MR) is 119 cm³/mol. The second kappa shape index (κ2) is 9.09. The van der Waals surface area contributed by atoms with Crippen LogP contribution in [-0.2, 0) is 20.4 Å². The van der Waals surface area contributed by atoms with E-state index in [2.05, 4.69) is 0 Å². The van der Waals surface area contributed by atoms with E-state index in [1.807, 2.05) is 12.1 Å². The molecule has 0 saturated carbocycles. The van der Waals surface area contributed by atoms with Crippen LogP contribution in [0.25, 0.3) is 0 Å². The van der Waals surface area contributed by atoms with Gasteiger partial charge in [0, 0.05) is 37.1 Å². The van der Waals surface area contributed by atoms with Gasteiger partial charge in [0.2, 0.25) is 15.9 Å². The number of hydrogen-bond donors (Lipinski definition) is 1. The van der Waals surface area contributed by atoms with Crippen molar-refractivity contribution in [3.05, 3.63) is 64.9 Å². The van der Waals surface area contributed by atoms with Crippen molar-refractivity contribution in [2.24, 2.45) is 5.92 Å². The second-order valence-electron chi connectivity index (χ2n) is 8.50. The molecule has 6 nitrogen and oxygen atoms in total. The minimum atomic E-state index is -3.70. The Morgan fingerprint density at radius 1 is 0.969 bits per heavy atom. The van der Waals surface area contributed by atoms with Gasteiger partial charge in [-0.15, -0.1) is 0 Å². The van der Waals surface area contributed by atoms with Crippen LogP contribution in [0.3, 0.4) is 0 Å². The van der Waals surface area contributed by atoms with Crippen molar-refractivity contribution in [3.8, 4) is 0 Å². The number of rotatable bonds is 4. The van der Waals surface area contributed by atoms with Crippen LogP contribution in [0.4, 0.5) is 4.39 Å². The standard InChI is InChI=1S/C23H26ClFN2O4S/c24-19-3-1-18(2-4-19)23(29)11-15-26(16-12-23)22(28)17-9-13-27(14-10-17)32(30,31)21-7-5-20(25)6-8-21/h1-8,17,29H,9-16H2. The molecule has 1 N–H and O–H groups in total. The van der Waals surface area contributed by atoms with E-state index in [1.165, 1.54) is 16.4 Å². The molecule has 2 aliphatic rings. The Morgan fingerprint density at radius 3 is 2.09 bits per heavy atom. The van der Waals surface area contributed by atoms with Gasteiger partial charge in [-0.1, -0.05) is 23.7 Å². The maximum atomic E-state index is 13.1. The van der Waals surface area contributed by atoms with Gasteiger partial charge in [-0.05, 0) is 67.6 Å². The lowest BCUT2D eigenvalue weighted by Crippen LogP contribution is -2.49. The number of piperidine rings is 2. The molecule has 4 rings (SSSR count). The van der Waals surface area contributed by atoms with Gasteiger partial charge in [-0.3, -0.25) is 4.79 Å². The Labute approximate surface area is 192 Å². The number of carbonyl (C=O) groups excluding carboxylic acids is 1. The van der Waals surface area contributed by atoms with E-state index < -0.39 is 21.4 Å². The van der Waals surface area contributed by atoms with E-state index >= 15 is 0 Å². The molecule has 0 atom stereocenters. The van der Waals surface area contributed by atoms with E-state index in [1.54, 1.807) is 17.0 Å². The molecular formula is C23H26ClFN2O4S. The monoisotopic (exact) mass is 480 g/mol. The number of benzene rings is 2. The molecule has 32 heavy (non-hydrogen) atoms. The van der Waals surface area contributed by atoms with Crippen LogP contribution in [0.5, 0.6) is 0 Å². The second-order valence-corrected chi connectivity index (χ2v) is 10.9. The molecule has 0 aromatic heterocycles. The summed E-state index contributed by atoms with van der Waals surface area (Å²) in [6.45, 7) is 1.40. The molecule has 0 spiro atoms. The summed E-state index contributed by atoms with van der Waals surface area (Å²) in [5.41, 5.74) is -0.179. The molecule has 2 fully saturated rings.